The van der Waals surface area contributed by atoms with Crippen LogP contribution in [0.25, 0.3) is 0 Å². The summed E-state index contributed by atoms with van der Waals surface area (Å²) in [6, 6.07) is -0.554. The van der Waals surface area contributed by atoms with E-state index >= 15 is 0 Å². The first-order chi connectivity index (χ1) is 6.97. The summed E-state index contributed by atoms with van der Waals surface area (Å²) in [4.78, 5) is 13.7. The molecule has 1 heterocycles. The normalized spacial score (nSPS) is 12.6. The maximum absolute atomic E-state index is 11.2. The smallest absolute Gasteiger partial charge is 0.322 e. The van der Waals surface area contributed by atoms with Crippen molar-refractivity contribution in [3.05, 3.63) is 20.9 Å². The molecule has 3 nitrogen and oxygen atoms in total. The van der Waals surface area contributed by atoms with Crippen molar-refractivity contribution in [1.29, 1.82) is 0 Å². The second-order valence-corrected chi connectivity index (χ2v) is 5.08. The zero-order valence-electron chi connectivity index (χ0n) is 9.59. The van der Waals surface area contributed by atoms with Gasteiger partial charge in [-0.3, -0.25) is 4.79 Å². The average Bonchev–Trinajstić information content (AvgIpc) is 2.43. The number of methoxy groups -OCH3 is 1. The van der Waals surface area contributed by atoms with Crippen LogP contribution >= 0.6 is 11.3 Å². The van der Waals surface area contributed by atoms with Gasteiger partial charge in [0, 0.05) is 9.75 Å². The van der Waals surface area contributed by atoms with Crippen LogP contribution in [0.2, 0.25) is 0 Å². The number of rotatable bonds is 3. The highest BCUT2D eigenvalue weighted by Crippen LogP contribution is 2.27. The number of esters is 1. The Morgan fingerprint density at radius 1 is 1.40 bits per heavy atom. The summed E-state index contributed by atoms with van der Waals surface area (Å²) in [5.41, 5.74) is 8.17. The van der Waals surface area contributed by atoms with Gasteiger partial charge >= 0.3 is 5.97 Å². The van der Waals surface area contributed by atoms with Gasteiger partial charge in [0.15, 0.2) is 0 Å². The van der Waals surface area contributed by atoms with E-state index in [-0.39, 0.29) is 5.97 Å². The maximum Gasteiger partial charge on any atom is 0.322 e. The van der Waals surface area contributed by atoms with E-state index in [9.17, 15) is 4.79 Å². The van der Waals surface area contributed by atoms with Crippen LogP contribution < -0.4 is 5.73 Å². The molecule has 15 heavy (non-hydrogen) atoms. The van der Waals surface area contributed by atoms with Gasteiger partial charge < -0.3 is 10.5 Å². The quantitative estimate of drug-likeness (QED) is 0.800. The Hall–Kier alpha value is -0.870. The molecule has 0 aliphatic rings. The van der Waals surface area contributed by atoms with Crippen molar-refractivity contribution < 1.29 is 9.53 Å². The second-order valence-electron chi connectivity index (χ2n) is 3.65. The van der Waals surface area contributed by atoms with Crippen molar-refractivity contribution in [3.63, 3.8) is 0 Å². The lowest BCUT2D eigenvalue weighted by Gasteiger charge is -2.09. The van der Waals surface area contributed by atoms with Crippen LogP contribution in [0.1, 0.15) is 20.9 Å². The number of hydrogen-bond acceptors (Lipinski definition) is 4. The minimum Gasteiger partial charge on any atom is -0.468 e. The lowest BCUT2D eigenvalue weighted by Crippen LogP contribution is -2.33. The SMILES string of the molecule is COC(=O)C(N)Cc1c(C)sc(C)c1C. The summed E-state index contributed by atoms with van der Waals surface area (Å²) in [6.45, 7) is 6.21. The molecule has 0 amide bonds. The van der Waals surface area contributed by atoms with Crippen LogP contribution in [0.15, 0.2) is 0 Å². The van der Waals surface area contributed by atoms with Gasteiger partial charge in [0.2, 0.25) is 0 Å². The van der Waals surface area contributed by atoms with Crippen molar-refractivity contribution >= 4 is 17.3 Å². The van der Waals surface area contributed by atoms with Gasteiger partial charge in [-0.25, -0.2) is 0 Å². The number of hydrogen-bond donors (Lipinski definition) is 1. The number of nitrogens with two attached hydrogens (primary N) is 1. The third-order valence-corrected chi connectivity index (χ3v) is 3.80. The largest absolute Gasteiger partial charge is 0.468 e. The summed E-state index contributed by atoms with van der Waals surface area (Å²) < 4.78 is 4.61. The standard InChI is InChI=1S/C11H17NO2S/c1-6-7(2)15-8(3)9(6)5-10(12)11(13)14-4/h10H,5,12H2,1-4H3. The Labute approximate surface area is 94.2 Å². The van der Waals surface area contributed by atoms with Crippen molar-refractivity contribution in [2.75, 3.05) is 7.11 Å². The van der Waals surface area contributed by atoms with Gasteiger partial charge in [0.25, 0.3) is 0 Å². The summed E-state index contributed by atoms with van der Waals surface area (Å²) in [7, 11) is 1.36. The van der Waals surface area contributed by atoms with Crippen LogP contribution in [-0.2, 0) is 16.0 Å². The van der Waals surface area contributed by atoms with Crippen molar-refractivity contribution in [2.45, 2.75) is 33.2 Å². The number of thiophene rings is 1. The van der Waals surface area contributed by atoms with Crippen LogP contribution in [0, 0.1) is 20.8 Å². The first kappa shape index (κ1) is 12.2. The Bertz CT molecular complexity index is 371. The average molecular weight is 227 g/mol. The molecule has 0 fully saturated rings. The summed E-state index contributed by atoms with van der Waals surface area (Å²) in [6.07, 6.45) is 0.564. The molecule has 0 aliphatic heterocycles. The predicted molar refractivity (Wildman–Crippen MR) is 62.2 cm³/mol. The van der Waals surface area contributed by atoms with E-state index in [0.717, 1.165) is 0 Å². The van der Waals surface area contributed by atoms with Crippen molar-refractivity contribution in [1.82, 2.24) is 0 Å². The van der Waals surface area contributed by atoms with E-state index < -0.39 is 6.04 Å². The van der Waals surface area contributed by atoms with Gasteiger partial charge in [-0.2, -0.15) is 0 Å². The molecule has 1 aromatic rings. The Kier molecular flexibility index (Phi) is 3.88. The fraction of sp³-hybridized carbons (Fsp3) is 0.545. The van der Waals surface area contributed by atoms with Crippen molar-refractivity contribution in [2.24, 2.45) is 5.73 Å². The third-order valence-electron chi connectivity index (χ3n) is 2.64. The molecule has 0 aliphatic carbocycles. The van der Waals surface area contributed by atoms with E-state index in [1.54, 1.807) is 11.3 Å². The molecule has 1 aromatic heterocycles. The third kappa shape index (κ3) is 2.58. The highest BCUT2D eigenvalue weighted by atomic mass is 32.1. The Balaban J connectivity index is 2.85. The van der Waals surface area contributed by atoms with Gasteiger partial charge in [-0.15, -0.1) is 11.3 Å². The summed E-state index contributed by atoms with van der Waals surface area (Å²) in [5.74, 6) is -0.349. The lowest BCUT2D eigenvalue weighted by molar-refractivity contribution is -0.142. The molecule has 2 N–H and O–H groups in total. The zero-order chi connectivity index (χ0) is 11.6. The van der Waals surface area contributed by atoms with E-state index in [1.165, 1.54) is 28.0 Å². The molecule has 0 radical (unpaired) electrons. The minimum absolute atomic E-state index is 0.349. The number of ether oxygens (including phenoxy) is 1. The number of carbonyl (C=O) groups excluding carboxylic acids is 1. The van der Waals surface area contributed by atoms with Crippen molar-refractivity contribution in [3.8, 4) is 0 Å². The van der Waals surface area contributed by atoms with E-state index in [0.29, 0.717) is 6.42 Å². The number of carbonyl (C=O) groups is 1. The Morgan fingerprint density at radius 3 is 2.40 bits per heavy atom. The molecule has 1 atom stereocenters. The first-order valence-electron chi connectivity index (χ1n) is 4.86. The molecule has 0 spiro atoms. The van der Waals surface area contributed by atoms with Gasteiger partial charge in [-0.05, 0) is 38.3 Å². The van der Waals surface area contributed by atoms with Crippen LogP contribution in [-0.4, -0.2) is 19.1 Å². The molecule has 1 unspecified atom stereocenters. The van der Waals surface area contributed by atoms with Crippen LogP contribution in [0.5, 0.6) is 0 Å². The van der Waals surface area contributed by atoms with Gasteiger partial charge in [-0.1, -0.05) is 0 Å². The molecular formula is C11H17NO2S. The second kappa shape index (κ2) is 4.77. The first-order valence-corrected chi connectivity index (χ1v) is 5.68. The van der Waals surface area contributed by atoms with Gasteiger partial charge in [0.1, 0.15) is 6.04 Å². The molecular weight excluding hydrogens is 210 g/mol. The predicted octanol–water partition coefficient (Wildman–Crippen LogP) is 1.72. The molecule has 0 saturated carbocycles. The fourth-order valence-electron chi connectivity index (χ4n) is 1.60. The van der Waals surface area contributed by atoms with E-state index in [2.05, 4.69) is 25.5 Å². The molecule has 84 valence electrons. The lowest BCUT2D eigenvalue weighted by atomic mass is 10.0. The molecule has 0 bridgehead atoms. The summed E-state index contributed by atoms with van der Waals surface area (Å²) >= 11 is 1.75. The van der Waals surface area contributed by atoms with E-state index in [4.69, 9.17) is 5.73 Å². The topological polar surface area (TPSA) is 52.3 Å². The Morgan fingerprint density at radius 2 is 2.00 bits per heavy atom. The molecule has 1 rings (SSSR count). The minimum atomic E-state index is -0.554. The van der Waals surface area contributed by atoms with Crippen LogP contribution in [0.3, 0.4) is 0 Å². The molecule has 0 saturated heterocycles. The highest BCUT2D eigenvalue weighted by Gasteiger charge is 2.18. The van der Waals surface area contributed by atoms with E-state index in [1.807, 2.05) is 0 Å². The summed E-state index contributed by atoms with van der Waals surface area (Å²) in [5, 5.41) is 0. The highest BCUT2D eigenvalue weighted by molar-refractivity contribution is 7.12. The van der Waals surface area contributed by atoms with Gasteiger partial charge in [0.05, 0.1) is 7.11 Å². The maximum atomic E-state index is 11.2. The monoisotopic (exact) mass is 227 g/mol. The number of aryl methyl sites for hydroxylation is 2. The zero-order valence-corrected chi connectivity index (χ0v) is 10.4. The molecule has 0 aromatic carbocycles. The molecule has 4 heteroatoms. The fourth-order valence-corrected chi connectivity index (χ4v) is 2.69. The van der Waals surface area contributed by atoms with Crippen LogP contribution in [0.4, 0.5) is 0 Å².